The number of para-hydroxylation sites is 2. The summed E-state index contributed by atoms with van der Waals surface area (Å²) < 4.78 is 41.8. The average molecular weight is 399 g/mol. The molecule has 2 fully saturated rings. The van der Waals surface area contributed by atoms with Gasteiger partial charge in [-0.15, -0.1) is 0 Å². The Morgan fingerprint density at radius 1 is 1.18 bits per heavy atom. The van der Waals surface area contributed by atoms with Crippen molar-refractivity contribution in [1.29, 1.82) is 0 Å². The Bertz CT molecular complexity index is 776. The molecule has 1 saturated heterocycles. The molecule has 0 atom stereocenters. The van der Waals surface area contributed by atoms with E-state index >= 15 is 0 Å². The van der Waals surface area contributed by atoms with Crippen molar-refractivity contribution in [2.45, 2.75) is 43.8 Å². The highest BCUT2D eigenvalue weighted by Gasteiger charge is 2.51. The van der Waals surface area contributed by atoms with Crippen LogP contribution >= 0.6 is 0 Å². The number of benzene rings is 1. The van der Waals surface area contributed by atoms with Gasteiger partial charge in [-0.3, -0.25) is 14.5 Å². The largest absolute Gasteiger partial charge is 0.482 e. The first kappa shape index (κ1) is 20.0. The molecule has 2 N–H and O–H groups in total. The second-order valence-corrected chi connectivity index (χ2v) is 6.91. The van der Waals surface area contributed by atoms with Crippen LogP contribution in [-0.2, 0) is 9.59 Å². The highest BCUT2D eigenvalue weighted by atomic mass is 19.4. The molecular formula is C18H20F3N3O4. The van der Waals surface area contributed by atoms with Crippen molar-refractivity contribution in [2.24, 2.45) is 0 Å². The van der Waals surface area contributed by atoms with Gasteiger partial charge >= 0.3 is 12.2 Å². The van der Waals surface area contributed by atoms with Crippen LogP contribution in [-0.4, -0.2) is 47.6 Å². The lowest BCUT2D eigenvalue weighted by atomic mass is 9.82. The summed E-state index contributed by atoms with van der Waals surface area (Å²) in [6.45, 7) is -2.03. The summed E-state index contributed by atoms with van der Waals surface area (Å²) in [7, 11) is 0. The lowest BCUT2D eigenvalue weighted by Crippen LogP contribution is -2.48. The van der Waals surface area contributed by atoms with E-state index in [4.69, 9.17) is 4.74 Å². The minimum atomic E-state index is -4.52. The standard InChI is InChI=1S/C18H20F3N3O4/c19-18(20,21)11-28-13-7-3-2-6-12(13)22-14(25)10-24-15(26)17(23-16(24)27)8-4-1-5-9-17/h2-3,6-7H,1,4-5,8-11H2,(H,22,25)(H,23,27). The number of alkyl halides is 3. The number of imide groups is 1. The number of anilines is 1. The first-order valence-electron chi connectivity index (χ1n) is 8.93. The van der Waals surface area contributed by atoms with Crippen LogP contribution in [0.5, 0.6) is 5.75 Å². The number of amides is 4. The molecule has 1 saturated carbocycles. The second kappa shape index (κ2) is 7.69. The Kier molecular flexibility index (Phi) is 5.48. The Hall–Kier alpha value is -2.78. The molecule has 0 unspecified atom stereocenters. The fourth-order valence-corrected chi connectivity index (χ4v) is 3.50. The van der Waals surface area contributed by atoms with Gasteiger partial charge in [-0.1, -0.05) is 31.4 Å². The molecule has 1 spiro atoms. The molecule has 1 aliphatic heterocycles. The molecular weight excluding hydrogens is 379 g/mol. The summed E-state index contributed by atoms with van der Waals surface area (Å²) in [6.07, 6.45) is -0.842. The molecule has 3 rings (SSSR count). The molecule has 0 aromatic heterocycles. The third-order valence-corrected chi connectivity index (χ3v) is 4.81. The van der Waals surface area contributed by atoms with Crippen LogP contribution in [0.25, 0.3) is 0 Å². The topological polar surface area (TPSA) is 87.7 Å². The summed E-state index contributed by atoms with van der Waals surface area (Å²) >= 11 is 0. The lowest BCUT2D eigenvalue weighted by molar-refractivity contribution is -0.153. The smallest absolute Gasteiger partial charge is 0.422 e. The van der Waals surface area contributed by atoms with E-state index in [-0.39, 0.29) is 11.4 Å². The summed E-state index contributed by atoms with van der Waals surface area (Å²) in [5, 5.41) is 5.10. The SMILES string of the molecule is O=C(CN1C(=O)NC2(CCCCC2)C1=O)Nc1ccccc1OCC(F)(F)F. The van der Waals surface area contributed by atoms with Gasteiger partial charge in [0.15, 0.2) is 6.61 Å². The molecule has 7 nitrogen and oxygen atoms in total. The van der Waals surface area contributed by atoms with Gasteiger partial charge in [0.1, 0.15) is 17.8 Å². The zero-order valence-electron chi connectivity index (χ0n) is 15.0. The minimum Gasteiger partial charge on any atom is -0.482 e. The van der Waals surface area contributed by atoms with Gasteiger partial charge in [-0.2, -0.15) is 13.2 Å². The molecule has 1 aromatic carbocycles. The zero-order valence-corrected chi connectivity index (χ0v) is 15.0. The molecule has 152 valence electrons. The molecule has 0 bridgehead atoms. The van der Waals surface area contributed by atoms with Crippen molar-refractivity contribution in [1.82, 2.24) is 10.2 Å². The van der Waals surface area contributed by atoms with Crippen molar-refractivity contribution >= 4 is 23.5 Å². The maximum Gasteiger partial charge on any atom is 0.422 e. The van der Waals surface area contributed by atoms with Gasteiger partial charge < -0.3 is 15.4 Å². The molecule has 0 radical (unpaired) electrons. The second-order valence-electron chi connectivity index (χ2n) is 6.91. The van der Waals surface area contributed by atoms with Crippen molar-refractivity contribution in [3.63, 3.8) is 0 Å². The van der Waals surface area contributed by atoms with Crippen LogP contribution in [0.1, 0.15) is 32.1 Å². The van der Waals surface area contributed by atoms with Crippen LogP contribution in [0.4, 0.5) is 23.7 Å². The molecule has 10 heteroatoms. The molecule has 1 heterocycles. The Labute approximate surface area is 159 Å². The highest BCUT2D eigenvalue weighted by molar-refractivity contribution is 6.10. The van der Waals surface area contributed by atoms with E-state index in [9.17, 15) is 27.6 Å². The van der Waals surface area contributed by atoms with Gasteiger partial charge in [-0.25, -0.2) is 4.79 Å². The predicted octanol–water partition coefficient (Wildman–Crippen LogP) is 2.82. The molecule has 4 amide bonds. The number of rotatable bonds is 5. The van der Waals surface area contributed by atoms with Gasteiger partial charge in [-0.05, 0) is 25.0 Å². The molecule has 1 aromatic rings. The molecule has 1 aliphatic carbocycles. The first-order valence-corrected chi connectivity index (χ1v) is 8.93. The summed E-state index contributed by atoms with van der Waals surface area (Å²) in [5.41, 5.74) is -0.917. The highest BCUT2D eigenvalue weighted by Crippen LogP contribution is 2.33. The van der Waals surface area contributed by atoms with Gasteiger partial charge in [0, 0.05) is 0 Å². The number of hydrogen-bond donors (Lipinski definition) is 2. The van der Waals surface area contributed by atoms with E-state index in [0.717, 1.165) is 24.2 Å². The minimum absolute atomic E-state index is 0.0242. The summed E-state index contributed by atoms with van der Waals surface area (Å²) in [5.74, 6) is -1.30. The third kappa shape index (κ3) is 4.37. The number of nitrogens with one attached hydrogen (secondary N) is 2. The van der Waals surface area contributed by atoms with Crippen molar-refractivity contribution < 1.29 is 32.3 Å². The number of urea groups is 1. The number of halogens is 3. The normalized spacial score (nSPS) is 18.9. The van der Waals surface area contributed by atoms with E-state index in [1.807, 2.05) is 0 Å². The lowest BCUT2D eigenvalue weighted by Gasteiger charge is -2.30. The molecule has 2 aliphatic rings. The van der Waals surface area contributed by atoms with Crippen molar-refractivity contribution in [2.75, 3.05) is 18.5 Å². The van der Waals surface area contributed by atoms with Crippen LogP contribution in [0.2, 0.25) is 0 Å². The Morgan fingerprint density at radius 3 is 2.54 bits per heavy atom. The first-order chi connectivity index (χ1) is 13.2. The van der Waals surface area contributed by atoms with Crippen LogP contribution in [0, 0.1) is 0 Å². The van der Waals surface area contributed by atoms with E-state index in [1.165, 1.54) is 24.3 Å². The summed E-state index contributed by atoms with van der Waals surface area (Å²) in [4.78, 5) is 38.0. The van der Waals surface area contributed by atoms with Crippen molar-refractivity contribution in [3.8, 4) is 5.75 Å². The zero-order chi connectivity index (χ0) is 20.4. The maximum absolute atomic E-state index is 12.7. The Balaban J connectivity index is 1.65. The van der Waals surface area contributed by atoms with E-state index < -0.39 is 42.7 Å². The van der Waals surface area contributed by atoms with Gasteiger partial charge in [0.05, 0.1) is 5.69 Å². The average Bonchev–Trinajstić information content (AvgIpc) is 2.85. The van der Waals surface area contributed by atoms with Gasteiger partial charge in [0.2, 0.25) is 5.91 Å². The number of carbonyl (C=O) groups is 3. The van der Waals surface area contributed by atoms with Crippen LogP contribution in [0.15, 0.2) is 24.3 Å². The Morgan fingerprint density at radius 2 is 1.86 bits per heavy atom. The van der Waals surface area contributed by atoms with E-state index in [2.05, 4.69) is 10.6 Å². The fourth-order valence-electron chi connectivity index (χ4n) is 3.50. The predicted molar refractivity (Wildman–Crippen MR) is 92.7 cm³/mol. The third-order valence-electron chi connectivity index (χ3n) is 4.81. The monoisotopic (exact) mass is 399 g/mol. The number of ether oxygens (including phenoxy) is 1. The quantitative estimate of drug-likeness (QED) is 0.746. The number of nitrogens with zero attached hydrogens (tertiary/aromatic N) is 1. The number of hydrogen-bond acceptors (Lipinski definition) is 4. The molecule has 28 heavy (non-hydrogen) atoms. The summed E-state index contributed by atoms with van der Waals surface area (Å²) in [6, 6.07) is 5.00. The fraction of sp³-hybridized carbons (Fsp3) is 0.500. The van der Waals surface area contributed by atoms with Crippen molar-refractivity contribution in [3.05, 3.63) is 24.3 Å². The van der Waals surface area contributed by atoms with E-state index in [0.29, 0.717) is 12.8 Å². The van der Waals surface area contributed by atoms with Gasteiger partial charge in [0.25, 0.3) is 5.91 Å². The van der Waals surface area contributed by atoms with Crippen LogP contribution < -0.4 is 15.4 Å². The number of carbonyl (C=O) groups excluding carboxylic acids is 3. The van der Waals surface area contributed by atoms with E-state index in [1.54, 1.807) is 0 Å². The maximum atomic E-state index is 12.7. The van der Waals surface area contributed by atoms with Crippen LogP contribution in [0.3, 0.4) is 0 Å².